The van der Waals surface area contributed by atoms with Crippen LogP contribution in [0.4, 0.5) is 18.9 Å². The van der Waals surface area contributed by atoms with E-state index < -0.39 is 17.2 Å². The molecule has 1 amide bonds. The van der Waals surface area contributed by atoms with Gasteiger partial charge in [-0.15, -0.1) is 0 Å². The first-order chi connectivity index (χ1) is 16.0. The minimum atomic E-state index is -4.52. The Balaban J connectivity index is 1.71. The van der Waals surface area contributed by atoms with Crippen molar-refractivity contribution in [3.63, 3.8) is 0 Å². The number of halogens is 4. The van der Waals surface area contributed by atoms with Crippen molar-refractivity contribution in [2.45, 2.75) is 25.4 Å². The van der Waals surface area contributed by atoms with Crippen molar-refractivity contribution in [2.75, 3.05) is 5.32 Å². The molecule has 0 fully saturated rings. The van der Waals surface area contributed by atoms with E-state index in [1.807, 2.05) is 32.0 Å². The van der Waals surface area contributed by atoms with Gasteiger partial charge in [0.05, 0.1) is 5.56 Å². The molecule has 0 aromatic heterocycles. The van der Waals surface area contributed by atoms with Gasteiger partial charge in [-0.1, -0.05) is 54.0 Å². The van der Waals surface area contributed by atoms with E-state index in [1.54, 1.807) is 30.3 Å². The first-order valence-electron chi connectivity index (χ1n) is 10.6. The monoisotopic (exact) mass is 525 g/mol. The summed E-state index contributed by atoms with van der Waals surface area (Å²) in [6.45, 7) is 4.00. The maximum Gasteiger partial charge on any atom is 0.416 e. The van der Waals surface area contributed by atoms with Crippen LogP contribution in [0.2, 0.25) is 0 Å². The highest BCUT2D eigenvalue weighted by Gasteiger charge is 2.40. The third kappa shape index (κ3) is 3.46. The van der Waals surface area contributed by atoms with Crippen LogP contribution >= 0.6 is 15.9 Å². The Morgan fingerprint density at radius 3 is 2.35 bits per heavy atom. The molecule has 0 aliphatic heterocycles. The molecule has 1 aliphatic carbocycles. The number of carbonyl (C=O) groups is 1. The van der Waals surface area contributed by atoms with E-state index in [-0.39, 0.29) is 17.0 Å². The molecule has 2 N–H and O–H groups in total. The van der Waals surface area contributed by atoms with Crippen molar-refractivity contribution in [1.82, 2.24) is 0 Å². The molecular weight excluding hydrogens is 507 g/mol. The summed E-state index contributed by atoms with van der Waals surface area (Å²) in [6, 6.07) is 17.4. The van der Waals surface area contributed by atoms with Gasteiger partial charge >= 0.3 is 6.18 Å². The number of nitrogens with one attached hydrogen (secondary N) is 1. The van der Waals surface area contributed by atoms with Crippen LogP contribution in [0.5, 0.6) is 5.75 Å². The summed E-state index contributed by atoms with van der Waals surface area (Å²) >= 11 is 3.64. The average molecular weight is 526 g/mol. The first-order valence-corrected chi connectivity index (χ1v) is 11.4. The molecule has 4 aromatic rings. The van der Waals surface area contributed by atoms with E-state index in [9.17, 15) is 23.1 Å². The minimum absolute atomic E-state index is 0.132. The van der Waals surface area contributed by atoms with E-state index in [4.69, 9.17) is 0 Å². The molecule has 5 rings (SSSR count). The molecule has 172 valence electrons. The summed E-state index contributed by atoms with van der Waals surface area (Å²) in [4.78, 5) is 12.7. The zero-order chi connectivity index (χ0) is 24.4. The highest BCUT2D eigenvalue weighted by molar-refractivity contribution is 9.10. The van der Waals surface area contributed by atoms with Gasteiger partial charge < -0.3 is 10.4 Å². The van der Waals surface area contributed by atoms with Crippen LogP contribution in [0.1, 0.15) is 40.9 Å². The average Bonchev–Trinajstić information content (AvgIpc) is 3.00. The van der Waals surface area contributed by atoms with Crippen molar-refractivity contribution in [2.24, 2.45) is 0 Å². The molecule has 4 aromatic carbocycles. The van der Waals surface area contributed by atoms with E-state index in [0.29, 0.717) is 16.6 Å². The van der Waals surface area contributed by atoms with Gasteiger partial charge in [0.15, 0.2) is 0 Å². The smallest absolute Gasteiger partial charge is 0.416 e. The lowest BCUT2D eigenvalue weighted by Gasteiger charge is -2.23. The lowest BCUT2D eigenvalue weighted by Crippen LogP contribution is -2.16. The molecule has 0 spiro atoms. The van der Waals surface area contributed by atoms with Gasteiger partial charge in [-0.05, 0) is 70.1 Å². The fourth-order valence-corrected chi connectivity index (χ4v) is 5.76. The summed E-state index contributed by atoms with van der Waals surface area (Å²) < 4.78 is 40.7. The lowest BCUT2D eigenvalue weighted by atomic mass is 9.81. The van der Waals surface area contributed by atoms with E-state index in [1.165, 1.54) is 6.07 Å². The molecule has 1 aliphatic rings. The van der Waals surface area contributed by atoms with Crippen LogP contribution in [0.15, 0.2) is 71.2 Å². The molecule has 0 heterocycles. The van der Waals surface area contributed by atoms with Gasteiger partial charge in [0, 0.05) is 26.5 Å². The second-order valence-corrected chi connectivity index (χ2v) is 9.76. The van der Waals surface area contributed by atoms with Crippen LogP contribution in [-0.4, -0.2) is 11.0 Å². The van der Waals surface area contributed by atoms with Gasteiger partial charge in [-0.25, -0.2) is 0 Å². The number of phenolic OH excluding ortho intramolecular Hbond substituents is 1. The van der Waals surface area contributed by atoms with Crippen LogP contribution < -0.4 is 5.32 Å². The maximum absolute atomic E-state index is 13.3. The Kier molecular flexibility index (Phi) is 5.02. The summed E-state index contributed by atoms with van der Waals surface area (Å²) in [5.74, 6) is -0.468. The number of amides is 1. The zero-order valence-corrected chi connectivity index (χ0v) is 19.8. The molecule has 0 saturated heterocycles. The molecule has 34 heavy (non-hydrogen) atoms. The van der Waals surface area contributed by atoms with Crippen molar-refractivity contribution >= 4 is 38.3 Å². The largest absolute Gasteiger partial charge is 0.507 e. The Labute approximate surface area is 202 Å². The topological polar surface area (TPSA) is 49.3 Å². The third-order valence-corrected chi connectivity index (χ3v) is 7.02. The van der Waals surface area contributed by atoms with Crippen molar-refractivity contribution in [1.29, 1.82) is 0 Å². The van der Waals surface area contributed by atoms with Crippen molar-refractivity contribution in [3.8, 4) is 16.9 Å². The Morgan fingerprint density at radius 1 is 0.971 bits per heavy atom. The van der Waals surface area contributed by atoms with Gasteiger partial charge in [0.2, 0.25) is 0 Å². The second-order valence-electron chi connectivity index (χ2n) is 8.90. The number of anilines is 1. The van der Waals surface area contributed by atoms with Crippen LogP contribution in [0.3, 0.4) is 0 Å². The van der Waals surface area contributed by atoms with Gasteiger partial charge in [0.1, 0.15) is 5.75 Å². The second kappa shape index (κ2) is 7.60. The molecule has 7 heteroatoms. The number of hydrogen-bond donors (Lipinski definition) is 2. The number of fused-ring (bicyclic) bond motifs is 5. The van der Waals surface area contributed by atoms with Gasteiger partial charge in [-0.3, -0.25) is 4.79 Å². The maximum atomic E-state index is 13.3. The summed E-state index contributed by atoms with van der Waals surface area (Å²) in [5, 5.41) is 14.2. The predicted molar refractivity (Wildman–Crippen MR) is 130 cm³/mol. The number of aromatic hydroxyl groups is 1. The minimum Gasteiger partial charge on any atom is -0.507 e. The molecular formula is C27H19BrF3NO2. The Hall–Kier alpha value is -3.32. The molecule has 0 radical (unpaired) electrons. The van der Waals surface area contributed by atoms with E-state index in [2.05, 4.69) is 21.2 Å². The molecule has 0 unspecified atom stereocenters. The fraction of sp³-hybridized carbons (Fsp3) is 0.148. The summed E-state index contributed by atoms with van der Waals surface area (Å²) in [6.07, 6.45) is -4.52. The fourth-order valence-electron chi connectivity index (χ4n) is 4.80. The number of alkyl halides is 3. The predicted octanol–water partition coefficient (Wildman–Crippen LogP) is 7.89. The molecule has 0 saturated carbocycles. The van der Waals surface area contributed by atoms with Crippen LogP contribution in [0.25, 0.3) is 21.9 Å². The van der Waals surface area contributed by atoms with Crippen molar-refractivity contribution < 1.29 is 23.1 Å². The lowest BCUT2D eigenvalue weighted by molar-refractivity contribution is -0.137. The van der Waals surface area contributed by atoms with Crippen LogP contribution in [0, 0.1) is 0 Å². The highest BCUT2D eigenvalue weighted by Crippen LogP contribution is 2.56. The Morgan fingerprint density at radius 2 is 1.68 bits per heavy atom. The van der Waals surface area contributed by atoms with Crippen molar-refractivity contribution in [3.05, 3.63) is 93.5 Å². The van der Waals surface area contributed by atoms with E-state index >= 15 is 0 Å². The van der Waals surface area contributed by atoms with Gasteiger partial charge in [0.25, 0.3) is 5.91 Å². The quantitative estimate of drug-likeness (QED) is 0.279. The standard InChI is InChI=1S/C27H19BrF3NO2/c1-26(2)20-13-22(33)18-10-15(27(29,30)31)8-9-17(18)23(20)19-11-16(12-21(28)24(19)26)32-25(34)14-6-4-3-5-7-14/h3-13,33H,1-2H3,(H,32,34). The van der Waals surface area contributed by atoms with E-state index in [0.717, 1.165) is 38.9 Å². The number of phenols is 1. The normalized spacial score (nSPS) is 14.1. The first kappa shape index (κ1) is 22.5. The number of hydrogen-bond acceptors (Lipinski definition) is 2. The van der Waals surface area contributed by atoms with Crippen LogP contribution in [-0.2, 0) is 11.6 Å². The molecule has 3 nitrogen and oxygen atoms in total. The zero-order valence-electron chi connectivity index (χ0n) is 18.2. The highest BCUT2D eigenvalue weighted by atomic mass is 79.9. The van der Waals surface area contributed by atoms with Gasteiger partial charge in [-0.2, -0.15) is 13.2 Å². The third-order valence-electron chi connectivity index (χ3n) is 6.39. The SMILES string of the molecule is CC1(C)c2cc(O)c3cc(C(F)(F)F)ccc3c2-c2cc(NC(=O)c3ccccc3)cc(Br)c21. The number of carbonyl (C=O) groups excluding carboxylic acids is 1. The summed E-state index contributed by atoms with van der Waals surface area (Å²) in [7, 11) is 0. The number of benzene rings is 4. The number of rotatable bonds is 2. The molecule has 0 bridgehead atoms. The summed E-state index contributed by atoms with van der Waals surface area (Å²) in [5.41, 5.74) is 3.00. The Bertz CT molecular complexity index is 1480. The molecule has 0 atom stereocenters.